The Balaban J connectivity index is 1.47. The molecule has 1 aliphatic carbocycles. The molecular weight excluding hydrogens is 308 g/mol. The van der Waals surface area contributed by atoms with Gasteiger partial charge in [-0.05, 0) is 25.0 Å². The van der Waals surface area contributed by atoms with Crippen LogP contribution in [0.5, 0.6) is 0 Å². The maximum Gasteiger partial charge on any atom is 0.262 e. The predicted octanol–water partition coefficient (Wildman–Crippen LogP) is 1.53. The summed E-state index contributed by atoms with van der Waals surface area (Å²) in [6.07, 6.45) is 2.25. The number of benzene rings is 1. The molecule has 0 radical (unpaired) electrons. The monoisotopic (exact) mass is 324 g/mol. The average molecular weight is 324 g/mol. The zero-order valence-electron chi connectivity index (χ0n) is 13.2. The van der Waals surface area contributed by atoms with E-state index in [0.717, 1.165) is 23.4 Å². The summed E-state index contributed by atoms with van der Waals surface area (Å²) in [5.74, 6) is -0.240. The van der Waals surface area contributed by atoms with Crippen LogP contribution in [-0.4, -0.2) is 38.9 Å². The lowest BCUT2D eigenvalue weighted by molar-refractivity contribution is -0.116. The molecule has 0 bridgehead atoms. The van der Waals surface area contributed by atoms with Crippen molar-refractivity contribution in [3.63, 3.8) is 0 Å². The van der Waals surface area contributed by atoms with Crippen LogP contribution in [0.4, 0.5) is 5.82 Å². The van der Waals surface area contributed by atoms with E-state index in [1.807, 2.05) is 6.07 Å². The van der Waals surface area contributed by atoms with Crippen molar-refractivity contribution in [3.05, 3.63) is 47.2 Å². The number of nitrogens with one attached hydrogen (secondary N) is 1. The Bertz CT molecular complexity index is 831. The molecule has 0 atom stereocenters. The highest BCUT2D eigenvalue weighted by atomic mass is 16.2. The van der Waals surface area contributed by atoms with E-state index in [1.54, 1.807) is 36.0 Å². The quantitative estimate of drug-likeness (QED) is 0.865. The lowest BCUT2D eigenvalue weighted by Gasteiger charge is -2.13. The molecule has 2 aliphatic rings. The van der Waals surface area contributed by atoms with E-state index in [0.29, 0.717) is 22.9 Å². The first-order chi connectivity index (χ1) is 11.5. The van der Waals surface area contributed by atoms with Crippen LogP contribution in [0.1, 0.15) is 45.2 Å². The Kier molecular flexibility index (Phi) is 3.23. The highest BCUT2D eigenvalue weighted by molar-refractivity contribution is 6.22. The minimum atomic E-state index is -0.436. The summed E-state index contributed by atoms with van der Waals surface area (Å²) >= 11 is 0. The van der Waals surface area contributed by atoms with Crippen molar-refractivity contribution in [2.45, 2.75) is 18.8 Å². The molecule has 0 unspecified atom stereocenters. The second kappa shape index (κ2) is 5.30. The van der Waals surface area contributed by atoms with Crippen molar-refractivity contribution < 1.29 is 14.4 Å². The van der Waals surface area contributed by atoms with Gasteiger partial charge in [0.15, 0.2) is 0 Å². The summed E-state index contributed by atoms with van der Waals surface area (Å²) in [4.78, 5) is 37.8. The van der Waals surface area contributed by atoms with Crippen molar-refractivity contribution >= 4 is 23.5 Å². The molecule has 1 aliphatic heterocycles. The smallest absolute Gasteiger partial charge is 0.262 e. The van der Waals surface area contributed by atoms with E-state index in [-0.39, 0.29) is 6.54 Å². The van der Waals surface area contributed by atoms with Crippen LogP contribution in [0.25, 0.3) is 0 Å². The van der Waals surface area contributed by atoms with Gasteiger partial charge in [-0.15, -0.1) is 0 Å². The van der Waals surface area contributed by atoms with Crippen molar-refractivity contribution in [2.75, 3.05) is 11.9 Å². The van der Waals surface area contributed by atoms with Crippen molar-refractivity contribution in [3.8, 4) is 0 Å². The van der Waals surface area contributed by atoms with Crippen molar-refractivity contribution in [2.24, 2.45) is 7.05 Å². The third-order valence-corrected chi connectivity index (χ3v) is 4.34. The van der Waals surface area contributed by atoms with Crippen molar-refractivity contribution in [1.82, 2.24) is 14.7 Å². The van der Waals surface area contributed by atoms with E-state index in [9.17, 15) is 14.4 Å². The molecule has 7 heteroatoms. The number of amides is 3. The zero-order chi connectivity index (χ0) is 16.8. The Morgan fingerprint density at radius 3 is 2.42 bits per heavy atom. The van der Waals surface area contributed by atoms with Gasteiger partial charge in [0, 0.05) is 19.0 Å². The van der Waals surface area contributed by atoms with E-state index in [4.69, 9.17) is 0 Å². The average Bonchev–Trinajstić information content (AvgIpc) is 3.32. The van der Waals surface area contributed by atoms with E-state index < -0.39 is 17.7 Å². The molecule has 3 amide bonds. The lowest BCUT2D eigenvalue weighted by Crippen LogP contribution is -2.37. The number of carbonyl (C=O) groups is 3. The van der Waals surface area contributed by atoms with Crippen LogP contribution < -0.4 is 5.32 Å². The molecular formula is C17H16N4O3. The Labute approximate surface area is 138 Å². The largest absolute Gasteiger partial charge is 0.309 e. The Morgan fingerprint density at radius 2 is 1.83 bits per heavy atom. The third-order valence-electron chi connectivity index (χ3n) is 4.34. The van der Waals surface area contributed by atoms with Crippen LogP contribution >= 0.6 is 0 Å². The topological polar surface area (TPSA) is 84.3 Å². The first-order valence-corrected chi connectivity index (χ1v) is 7.83. The maximum atomic E-state index is 12.3. The van der Waals surface area contributed by atoms with Gasteiger partial charge in [0.2, 0.25) is 5.91 Å². The molecule has 4 rings (SSSR count). The minimum Gasteiger partial charge on any atom is -0.309 e. The fourth-order valence-corrected chi connectivity index (χ4v) is 2.89. The molecule has 1 saturated carbocycles. The highest BCUT2D eigenvalue weighted by Crippen LogP contribution is 2.39. The number of anilines is 1. The molecule has 24 heavy (non-hydrogen) atoms. The normalized spacial score (nSPS) is 16.5. The first kappa shape index (κ1) is 14.6. The zero-order valence-corrected chi connectivity index (χ0v) is 13.2. The second-order valence-corrected chi connectivity index (χ2v) is 6.14. The van der Waals surface area contributed by atoms with Crippen LogP contribution in [0.15, 0.2) is 30.3 Å². The van der Waals surface area contributed by atoms with Crippen molar-refractivity contribution in [1.29, 1.82) is 0 Å². The fourth-order valence-electron chi connectivity index (χ4n) is 2.89. The highest BCUT2D eigenvalue weighted by Gasteiger charge is 2.36. The standard InChI is InChI=1S/C17H16N4O3/c1-20-14(8-13(19-20)10-6-7-10)18-15(22)9-21-16(23)11-4-2-3-5-12(11)17(21)24/h2-5,8,10H,6-7,9H2,1H3,(H,18,22). The van der Waals surface area contributed by atoms with Crippen LogP contribution in [0.2, 0.25) is 0 Å². The number of nitrogens with zero attached hydrogens (tertiary/aromatic N) is 3. The number of carbonyl (C=O) groups excluding carboxylic acids is 3. The number of aryl methyl sites for hydroxylation is 1. The maximum absolute atomic E-state index is 12.3. The molecule has 2 aromatic rings. The molecule has 7 nitrogen and oxygen atoms in total. The molecule has 2 heterocycles. The van der Waals surface area contributed by atoms with Gasteiger partial charge >= 0.3 is 0 Å². The van der Waals surface area contributed by atoms with Gasteiger partial charge in [0.05, 0.1) is 16.8 Å². The lowest BCUT2D eigenvalue weighted by atomic mass is 10.1. The molecule has 1 aromatic heterocycles. The summed E-state index contributed by atoms with van der Waals surface area (Å²) in [5.41, 5.74) is 1.65. The van der Waals surface area contributed by atoms with Gasteiger partial charge in [-0.2, -0.15) is 5.10 Å². The number of rotatable bonds is 4. The van der Waals surface area contributed by atoms with Crippen LogP contribution in [-0.2, 0) is 11.8 Å². The third kappa shape index (κ3) is 2.38. The summed E-state index contributed by atoms with van der Waals surface area (Å²) < 4.78 is 1.61. The van der Waals surface area contributed by atoms with Gasteiger partial charge in [-0.1, -0.05) is 12.1 Å². The molecule has 122 valence electrons. The van der Waals surface area contributed by atoms with Gasteiger partial charge < -0.3 is 5.32 Å². The number of hydrogen-bond donors (Lipinski definition) is 1. The second-order valence-electron chi connectivity index (χ2n) is 6.14. The van der Waals surface area contributed by atoms with Crippen LogP contribution in [0, 0.1) is 0 Å². The summed E-state index contributed by atoms with van der Waals surface area (Å²) in [6.45, 7) is -0.309. The molecule has 0 saturated heterocycles. The molecule has 1 aromatic carbocycles. The number of fused-ring (bicyclic) bond motifs is 1. The number of imide groups is 1. The van der Waals surface area contributed by atoms with E-state index in [1.165, 1.54) is 0 Å². The fraction of sp³-hybridized carbons (Fsp3) is 0.294. The number of aromatic nitrogens is 2. The Morgan fingerprint density at radius 1 is 1.21 bits per heavy atom. The van der Waals surface area contributed by atoms with E-state index >= 15 is 0 Å². The van der Waals surface area contributed by atoms with Crippen LogP contribution in [0.3, 0.4) is 0 Å². The van der Waals surface area contributed by atoms with Gasteiger partial charge in [0.25, 0.3) is 11.8 Å². The first-order valence-electron chi connectivity index (χ1n) is 7.83. The summed E-state index contributed by atoms with van der Waals surface area (Å²) in [6, 6.07) is 8.43. The van der Waals surface area contributed by atoms with E-state index in [2.05, 4.69) is 10.4 Å². The minimum absolute atomic E-state index is 0.309. The van der Waals surface area contributed by atoms with Gasteiger partial charge in [-0.25, -0.2) is 0 Å². The predicted molar refractivity (Wildman–Crippen MR) is 85.6 cm³/mol. The molecule has 1 fully saturated rings. The Hall–Kier alpha value is -2.96. The summed E-state index contributed by atoms with van der Waals surface area (Å²) in [5, 5.41) is 7.10. The SMILES string of the molecule is Cn1nc(C2CC2)cc1NC(=O)CN1C(=O)c2ccccc2C1=O. The van der Waals surface area contributed by atoms with Gasteiger partial charge in [0.1, 0.15) is 12.4 Å². The van der Waals surface area contributed by atoms with Gasteiger partial charge in [-0.3, -0.25) is 24.0 Å². The molecule has 0 spiro atoms. The molecule has 1 N–H and O–H groups in total. The summed E-state index contributed by atoms with van der Waals surface area (Å²) in [7, 11) is 1.75. The number of hydrogen-bond acceptors (Lipinski definition) is 4.